The van der Waals surface area contributed by atoms with Crippen molar-refractivity contribution in [3.8, 4) is 0 Å². The van der Waals surface area contributed by atoms with Gasteiger partial charge in [0.2, 0.25) is 0 Å². The molecule has 2 aromatic carbocycles. The van der Waals surface area contributed by atoms with Crippen molar-refractivity contribution in [2.45, 2.75) is 12.8 Å². The number of benzene rings is 2. The van der Waals surface area contributed by atoms with Gasteiger partial charge in [0.25, 0.3) is 5.91 Å². The lowest BCUT2D eigenvalue weighted by Crippen LogP contribution is -2.20. The standard InChI is InChI=1S/C19H17ClN2O2/c20-14-7-8-17-13(11-14)12-18(24-17)19(23)21-15-5-1-2-6-16(15)22-9-3-4-10-22/h1-2,5-8,11-12H,3-4,9-10H2,(H,21,23). The van der Waals surface area contributed by atoms with Crippen LogP contribution < -0.4 is 10.2 Å². The second-order valence-electron chi connectivity index (χ2n) is 5.96. The number of anilines is 2. The Balaban J connectivity index is 1.61. The highest BCUT2D eigenvalue weighted by atomic mass is 35.5. The van der Waals surface area contributed by atoms with Gasteiger partial charge in [-0.2, -0.15) is 0 Å². The Morgan fingerprint density at radius 2 is 1.88 bits per heavy atom. The molecule has 1 aliphatic rings. The van der Waals surface area contributed by atoms with Gasteiger partial charge in [-0.15, -0.1) is 0 Å². The van der Waals surface area contributed by atoms with E-state index in [1.54, 1.807) is 24.3 Å². The fourth-order valence-electron chi connectivity index (χ4n) is 3.12. The van der Waals surface area contributed by atoms with E-state index in [1.165, 1.54) is 12.8 Å². The molecule has 2 heterocycles. The molecule has 0 bridgehead atoms. The van der Waals surface area contributed by atoms with Crippen LogP contribution >= 0.6 is 11.6 Å². The van der Waals surface area contributed by atoms with Gasteiger partial charge in [0.1, 0.15) is 5.58 Å². The molecular weight excluding hydrogens is 324 g/mol. The van der Waals surface area contributed by atoms with Gasteiger partial charge in [-0.25, -0.2) is 0 Å². The lowest BCUT2D eigenvalue weighted by Gasteiger charge is -2.21. The molecule has 5 heteroatoms. The van der Waals surface area contributed by atoms with Crippen LogP contribution in [0.1, 0.15) is 23.4 Å². The third-order valence-corrected chi connectivity index (χ3v) is 4.54. The molecule has 122 valence electrons. The molecule has 1 fully saturated rings. The van der Waals surface area contributed by atoms with Crippen molar-refractivity contribution >= 4 is 39.9 Å². The van der Waals surface area contributed by atoms with Crippen LogP contribution in [0.5, 0.6) is 0 Å². The Kier molecular flexibility index (Phi) is 3.90. The maximum atomic E-state index is 12.6. The number of hydrogen-bond donors (Lipinski definition) is 1. The van der Waals surface area contributed by atoms with E-state index in [1.807, 2.05) is 24.3 Å². The molecule has 1 N–H and O–H groups in total. The molecule has 0 atom stereocenters. The van der Waals surface area contributed by atoms with E-state index < -0.39 is 0 Å². The largest absolute Gasteiger partial charge is 0.451 e. The minimum Gasteiger partial charge on any atom is -0.451 e. The van der Waals surface area contributed by atoms with Gasteiger partial charge < -0.3 is 14.6 Å². The SMILES string of the molecule is O=C(Nc1ccccc1N1CCCC1)c1cc2cc(Cl)ccc2o1. The summed E-state index contributed by atoms with van der Waals surface area (Å²) in [7, 11) is 0. The molecule has 1 aromatic heterocycles. The number of nitrogens with zero attached hydrogens (tertiary/aromatic N) is 1. The summed E-state index contributed by atoms with van der Waals surface area (Å²) in [4.78, 5) is 14.9. The first-order chi connectivity index (χ1) is 11.7. The van der Waals surface area contributed by atoms with Gasteiger partial charge in [-0.3, -0.25) is 4.79 Å². The average molecular weight is 341 g/mol. The zero-order chi connectivity index (χ0) is 16.5. The second-order valence-corrected chi connectivity index (χ2v) is 6.39. The Morgan fingerprint density at radius 3 is 2.71 bits per heavy atom. The van der Waals surface area contributed by atoms with Crippen LogP contribution in [0.3, 0.4) is 0 Å². The topological polar surface area (TPSA) is 45.5 Å². The maximum absolute atomic E-state index is 12.6. The number of carbonyl (C=O) groups is 1. The number of furan rings is 1. The lowest BCUT2D eigenvalue weighted by molar-refractivity contribution is 0.0998. The van der Waals surface area contributed by atoms with Crippen molar-refractivity contribution in [3.63, 3.8) is 0 Å². The molecule has 1 saturated heterocycles. The highest BCUT2D eigenvalue weighted by Gasteiger charge is 2.18. The quantitative estimate of drug-likeness (QED) is 0.734. The maximum Gasteiger partial charge on any atom is 0.291 e. The molecule has 4 nitrogen and oxygen atoms in total. The zero-order valence-corrected chi connectivity index (χ0v) is 13.8. The van der Waals surface area contributed by atoms with Crippen molar-refractivity contribution in [1.29, 1.82) is 0 Å². The van der Waals surface area contributed by atoms with E-state index in [0.717, 1.165) is 29.9 Å². The molecule has 0 spiro atoms. The third kappa shape index (κ3) is 2.85. The number of halogens is 1. The van der Waals surface area contributed by atoms with Gasteiger partial charge in [0.05, 0.1) is 11.4 Å². The monoisotopic (exact) mass is 340 g/mol. The van der Waals surface area contributed by atoms with E-state index in [2.05, 4.69) is 10.2 Å². The van der Waals surface area contributed by atoms with E-state index >= 15 is 0 Å². The fraction of sp³-hybridized carbons (Fsp3) is 0.211. The van der Waals surface area contributed by atoms with Gasteiger partial charge in [0, 0.05) is 23.5 Å². The summed E-state index contributed by atoms with van der Waals surface area (Å²) >= 11 is 5.98. The molecule has 0 radical (unpaired) electrons. The molecule has 1 amide bonds. The summed E-state index contributed by atoms with van der Waals surface area (Å²) in [5.41, 5.74) is 2.52. The number of fused-ring (bicyclic) bond motifs is 1. The Bertz CT molecular complexity index is 897. The van der Waals surface area contributed by atoms with Gasteiger partial charge in [-0.05, 0) is 49.2 Å². The number of carbonyl (C=O) groups excluding carboxylic acids is 1. The first-order valence-electron chi connectivity index (χ1n) is 8.05. The van der Waals surface area contributed by atoms with Crippen LogP contribution in [0.25, 0.3) is 11.0 Å². The predicted octanol–water partition coefficient (Wildman–Crippen LogP) is 4.94. The first-order valence-corrected chi connectivity index (χ1v) is 8.43. The van der Waals surface area contributed by atoms with Crippen LogP contribution in [-0.2, 0) is 0 Å². The Hall–Kier alpha value is -2.46. The number of nitrogens with one attached hydrogen (secondary N) is 1. The minimum absolute atomic E-state index is 0.256. The first kappa shape index (κ1) is 15.1. The van der Waals surface area contributed by atoms with E-state index in [4.69, 9.17) is 16.0 Å². The third-order valence-electron chi connectivity index (χ3n) is 4.30. The molecule has 0 aliphatic carbocycles. The number of para-hydroxylation sites is 2. The van der Waals surface area contributed by atoms with E-state index in [-0.39, 0.29) is 11.7 Å². The molecule has 24 heavy (non-hydrogen) atoms. The molecule has 4 rings (SSSR count). The molecule has 1 aliphatic heterocycles. The summed E-state index contributed by atoms with van der Waals surface area (Å²) in [6, 6.07) is 14.9. The molecule has 3 aromatic rings. The zero-order valence-electron chi connectivity index (χ0n) is 13.1. The molecule has 0 unspecified atom stereocenters. The second kappa shape index (κ2) is 6.21. The van der Waals surface area contributed by atoms with Gasteiger partial charge in [0.15, 0.2) is 5.76 Å². The summed E-state index contributed by atoms with van der Waals surface area (Å²) in [6.07, 6.45) is 2.37. The van der Waals surface area contributed by atoms with Crippen LogP contribution in [-0.4, -0.2) is 19.0 Å². The van der Waals surface area contributed by atoms with Crippen molar-refractivity contribution in [2.75, 3.05) is 23.3 Å². The Morgan fingerprint density at radius 1 is 1.08 bits per heavy atom. The van der Waals surface area contributed by atoms with Crippen molar-refractivity contribution < 1.29 is 9.21 Å². The molecule has 0 saturated carbocycles. The normalized spacial score (nSPS) is 14.3. The number of hydrogen-bond acceptors (Lipinski definition) is 3. The Labute approximate surface area is 145 Å². The van der Waals surface area contributed by atoms with E-state index in [0.29, 0.717) is 10.6 Å². The van der Waals surface area contributed by atoms with Crippen LogP contribution in [0.4, 0.5) is 11.4 Å². The van der Waals surface area contributed by atoms with Crippen molar-refractivity contribution in [2.24, 2.45) is 0 Å². The summed E-state index contributed by atoms with van der Waals surface area (Å²) < 4.78 is 5.64. The predicted molar refractivity (Wildman–Crippen MR) is 97.1 cm³/mol. The molecular formula is C19H17ClN2O2. The van der Waals surface area contributed by atoms with Gasteiger partial charge in [-0.1, -0.05) is 23.7 Å². The van der Waals surface area contributed by atoms with E-state index in [9.17, 15) is 4.79 Å². The average Bonchev–Trinajstić information content (AvgIpc) is 3.24. The van der Waals surface area contributed by atoms with Crippen LogP contribution in [0.15, 0.2) is 52.9 Å². The number of rotatable bonds is 3. The van der Waals surface area contributed by atoms with Crippen LogP contribution in [0, 0.1) is 0 Å². The highest BCUT2D eigenvalue weighted by molar-refractivity contribution is 6.31. The fourth-order valence-corrected chi connectivity index (χ4v) is 3.30. The smallest absolute Gasteiger partial charge is 0.291 e. The summed E-state index contributed by atoms with van der Waals surface area (Å²) in [5, 5.41) is 4.41. The van der Waals surface area contributed by atoms with Crippen LogP contribution in [0.2, 0.25) is 5.02 Å². The summed E-state index contributed by atoms with van der Waals surface area (Å²) in [5.74, 6) is 0.0254. The lowest BCUT2D eigenvalue weighted by atomic mass is 10.2. The highest BCUT2D eigenvalue weighted by Crippen LogP contribution is 2.30. The van der Waals surface area contributed by atoms with Crippen molar-refractivity contribution in [1.82, 2.24) is 0 Å². The number of amides is 1. The van der Waals surface area contributed by atoms with Gasteiger partial charge >= 0.3 is 0 Å². The minimum atomic E-state index is -0.256. The van der Waals surface area contributed by atoms with Crippen molar-refractivity contribution in [3.05, 3.63) is 59.3 Å². The summed E-state index contributed by atoms with van der Waals surface area (Å²) in [6.45, 7) is 2.05.